The SMILES string of the molecule is Cc1ccc(C(=O)N(C)c2cc(C(=O)C=Cc3ccc(C(=O)O)cc3)cc3c2C(C)(C)CCC3(C)C)cc1. The summed E-state index contributed by atoms with van der Waals surface area (Å²) in [5, 5.41) is 9.11. The topological polar surface area (TPSA) is 74.7 Å². The minimum atomic E-state index is -0.993. The minimum absolute atomic E-state index is 0.120. The van der Waals surface area contributed by atoms with E-state index in [4.69, 9.17) is 5.11 Å². The Morgan fingerprint density at radius 1 is 0.816 bits per heavy atom. The number of anilines is 1. The van der Waals surface area contributed by atoms with Crippen LogP contribution in [0, 0.1) is 6.92 Å². The van der Waals surface area contributed by atoms with E-state index in [9.17, 15) is 14.4 Å². The number of carbonyl (C=O) groups is 3. The molecule has 4 rings (SSSR count). The quantitative estimate of drug-likeness (QED) is 0.281. The number of hydrogen-bond acceptors (Lipinski definition) is 3. The number of amides is 1. The number of allylic oxidation sites excluding steroid dienone is 1. The number of carbonyl (C=O) groups excluding carboxylic acids is 2. The van der Waals surface area contributed by atoms with Crippen LogP contribution >= 0.6 is 0 Å². The first-order valence-corrected chi connectivity index (χ1v) is 12.9. The molecule has 5 nitrogen and oxygen atoms in total. The number of aryl methyl sites for hydroxylation is 1. The molecule has 0 saturated carbocycles. The molecule has 1 N–H and O–H groups in total. The molecule has 1 aliphatic rings. The molecule has 0 aromatic heterocycles. The number of carboxylic acids is 1. The van der Waals surface area contributed by atoms with E-state index in [1.165, 1.54) is 18.2 Å². The minimum Gasteiger partial charge on any atom is -0.478 e. The van der Waals surface area contributed by atoms with E-state index in [0.29, 0.717) is 11.1 Å². The van der Waals surface area contributed by atoms with Crippen LogP contribution in [-0.4, -0.2) is 29.8 Å². The Balaban J connectivity index is 1.79. The van der Waals surface area contributed by atoms with Gasteiger partial charge >= 0.3 is 5.97 Å². The lowest BCUT2D eigenvalue weighted by atomic mass is 9.62. The smallest absolute Gasteiger partial charge is 0.335 e. The molecule has 3 aromatic rings. The van der Waals surface area contributed by atoms with Gasteiger partial charge in [0, 0.05) is 23.9 Å². The van der Waals surface area contributed by atoms with Crippen LogP contribution in [0.2, 0.25) is 0 Å². The summed E-state index contributed by atoms with van der Waals surface area (Å²) in [6, 6.07) is 17.7. The van der Waals surface area contributed by atoms with Crippen molar-refractivity contribution in [2.24, 2.45) is 0 Å². The second kappa shape index (κ2) is 10.1. The van der Waals surface area contributed by atoms with Crippen LogP contribution < -0.4 is 4.90 Å². The van der Waals surface area contributed by atoms with Crippen molar-refractivity contribution in [3.05, 3.63) is 106 Å². The molecule has 5 heteroatoms. The van der Waals surface area contributed by atoms with Crippen molar-refractivity contribution in [2.45, 2.75) is 58.3 Å². The Hall–Kier alpha value is -3.99. The van der Waals surface area contributed by atoms with Gasteiger partial charge in [-0.3, -0.25) is 9.59 Å². The highest BCUT2D eigenvalue weighted by Gasteiger charge is 2.40. The van der Waals surface area contributed by atoms with Gasteiger partial charge in [-0.25, -0.2) is 4.79 Å². The standard InChI is InChI=1S/C33H35NO4/c1-21-7-12-23(13-8-21)30(36)34(6)27-20-25(19-26-29(27)33(4,5)18-17-32(26,2)3)28(35)16-11-22-9-14-24(15-10-22)31(37)38/h7-16,19-20H,17-18H2,1-6H3,(H,37,38). The summed E-state index contributed by atoms with van der Waals surface area (Å²) < 4.78 is 0. The Kier molecular flexibility index (Phi) is 7.16. The first kappa shape index (κ1) is 27.1. The molecule has 1 amide bonds. The van der Waals surface area contributed by atoms with Gasteiger partial charge in [0.05, 0.1) is 5.56 Å². The van der Waals surface area contributed by atoms with Gasteiger partial charge in [0.15, 0.2) is 5.78 Å². The van der Waals surface area contributed by atoms with E-state index < -0.39 is 5.97 Å². The molecule has 0 unspecified atom stereocenters. The van der Waals surface area contributed by atoms with Crippen molar-refractivity contribution in [1.82, 2.24) is 0 Å². The average molecular weight is 510 g/mol. The first-order chi connectivity index (χ1) is 17.8. The summed E-state index contributed by atoms with van der Waals surface area (Å²) in [6.07, 6.45) is 5.14. The third-order valence-electron chi connectivity index (χ3n) is 7.73. The number of rotatable bonds is 6. The Morgan fingerprint density at radius 2 is 1.39 bits per heavy atom. The summed E-state index contributed by atoms with van der Waals surface area (Å²) in [5.41, 5.74) is 5.78. The van der Waals surface area contributed by atoms with Gasteiger partial charge in [0.25, 0.3) is 5.91 Å². The summed E-state index contributed by atoms with van der Waals surface area (Å²) in [4.78, 5) is 39.8. The van der Waals surface area contributed by atoms with Crippen LogP contribution in [0.25, 0.3) is 6.08 Å². The summed E-state index contributed by atoms with van der Waals surface area (Å²) in [6.45, 7) is 10.8. The van der Waals surface area contributed by atoms with E-state index in [2.05, 4.69) is 27.7 Å². The molecule has 38 heavy (non-hydrogen) atoms. The third kappa shape index (κ3) is 5.33. The van der Waals surface area contributed by atoms with Crippen molar-refractivity contribution < 1.29 is 19.5 Å². The van der Waals surface area contributed by atoms with E-state index in [1.807, 2.05) is 43.3 Å². The molecule has 0 fully saturated rings. The fourth-order valence-corrected chi connectivity index (χ4v) is 5.17. The summed E-state index contributed by atoms with van der Waals surface area (Å²) in [7, 11) is 1.78. The fourth-order valence-electron chi connectivity index (χ4n) is 5.17. The van der Waals surface area contributed by atoms with Gasteiger partial charge in [0.2, 0.25) is 0 Å². The molecule has 0 bridgehead atoms. The second-order valence-electron chi connectivity index (χ2n) is 11.5. The van der Waals surface area contributed by atoms with Gasteiger partial charge in [-0.2, -0.15) is 0 Å². The largest absolute Gasteiger partial charge is 0.478 e. The Morgan fingerprint density at radius 3 is 2.00 bits per heavy atom. The molecule has 0 spiro atoms. The fraction of sp³-hybridized carbons (Fsp3) is 0.303. The van der Waals surface area contributed by atoms with Crippen LogP contribution in [0.4, 0.5) is 5.69 Å². The van der Waals surface area contributed by atoms with E-state index in [-0.39, 0.29) is 28.1 Å². The zero-order valence-electron chi connectivity index (χ0n) is 23.0. The predicted molar refractivity (Wildman–Crippen MR) is 152 cm³/mol. The molecule has 3 aromatic carbocycles. The lowest BCUT2D eigenvalue weighted by Crippen LogP contribution is -2.37. The molecule has 0 aliphatic heterocycles. The first-order valence-electron chi connectivity index (χ1n) is 12.9. The van der Waals surface area contributed by atoms with Crippen molar-refractivity contribution in [2.75, 3.05) is 11.9 Å². The number of nitrogens with zero attached hydrogens (tertiary/aromatic N) is 1. The molecule has 196 valence electrons. The maximum absolute atomic E-state index is 13.6. The number of aromatic carboxylic acids is 1. The van der Waals surface area contributed by atoms with Gasteiger partial charge in [-0.05, 0) is 89.8 Å². The third-order valence-corrected chi connectivity index (χ3v) is 7.73. The maximum atomic E-state index is 13.6. The number of fused-ring (bicyclic) bond motifs is 1. The van der Waals surface area contributed by atoms with E-state index in [1.54, 1.807) is 30.2 Å². The van der Waals surface area contributed by atoms with Crippen molar-refractivity contribution in [3.8, 4) is 0 Å². The molecular weight excluding hydrogens is 474 g/mol. The van der Waals surface area contributed by atoms with E-state index >= 15 is 0 Å². The molecule has 0 radical (unpaired) electrons. The molecular formula is C33H35NO4. The summed E-state index contributed by atoms with van der Waals surface area (Å²) in [5.74, 6) is -1.29. The van der Waals surface area contributed by atoms with Crippen LogP contribution in [0.5, 0.6) is 0 Å². The van der Waals surface area contributed by atoms with Crippen molar-refractivity contribution in [3.63, 3.8) is 0 Å². The average Bonchev–Trinajstić information content (AvgIpc) is 2.89. The van der Waals surface area contributed by atoms with Crippen molar-refractivity contribution in [1.29, 1.82) is 0 Å². The summed E-state index contributed by atoms with van der Waals surface area (Å²) >= 11 is 0. The number of ketones is 1. The monoisotopic (exact) mass is 509 g/mol. The van der Waals surface area contributed by atoms with E-state index in [0.717, 1.165) is 40.8 Å². The number of carboxylic acid groups (broad SMARTS) is 1. The van der Waals surface area contributed by atoms with Crippen molar-refractivity contribution >= 4 is 29.4 Å². The highest BCUT2D eigenvalue weighted by molar-refractivity contribution is 6.10. The predicted octanol–water partition coefficient (Wildman–Crippen LogP) is 7.21. The number of benzene rings is 3. The Bertz CT molecular complexity index is 1430. The number of hydrogen-bond donors (Lipinski definition) is 1. The van der Waals surface area contributed by atoms with Gasteiger partial charge < -0.3 is 10.0 Å². The van der Waals surface area contributed by atoms with Crippen LogP contribution in [0.1, 0.15) is 93.9 Å². The zero-order chi connectivity index (χ0) is 27.8. The highest BCUT2D eigenvalue weighted by Crippen LogP contribution is 2.50. The Labute approximate surface area is 224 Å². The molecule has 0 atom stereocenters. The highest BCUT2D eigenvalue weighted by atomic mass is 16.4. The van der Waals surface area contributed by atoms with Gasteiger partial charge in [0.1, 0.15) is 0 Å². The maximum Gasteiger partial charge on any atom is 0.335 e. The van der Waals surface area contributed by atoms with Crippen LogP contribution in [-0.2, 0) is 10.8 Å². The lowest BCUT2D eigenvalue weighted by Gasteiger charge is -2.44. The van der Waals surface area contributed by atoms with Crippen LogP contribution in [0.3, 0.4) is 0 Å². The lowest BCUT2D eigenvalue weighted by molar-refractivity contribution is 0.0696. The van der Waals surface area contributed by atoms with Crippen LogP contribution in [0.15, 0.2) is 66.7 Å². The zero-order valence-corrected chi connectivity index (χ0v) is 23.0. The normalized spacial score (nSPS) is 15.6. The molecule has 0 saturated heterocycles. The van der Waals surface area contributed by atoms with Gasteiger partial charge in [-0.1, -0.05) is 63.6 Å². The second-order valence-corrected chi connectivity index (χ2v) is 11.5. The van der Waals surface area contributed by atoms with Gasteiger partial charge in [-0.15, -0.1) is 0 Å². The molecule has 0 heterocycles. The molecule has 1 aliphatic carbocycles.